The highest BCUT2D eigenvalue weighted by molar-refractivity contribution is 7.99. The van der Waals surface area contributed by atoms with Crippen molar-refractivity contribution in [1.82, 2.24) is 10.3 Å². The summed E-state index contributed by atoms with van der Waals surface area (Å²) >= 11 is 7.61. The molecule has 1 rings (SSSR count). The van der Waals surface area contributed by atoms with Gasteiger partial charge in [0, 0.05) is 12.2 Å². The Morgan fingerprint density at radius 1 is 1.39 bits per heavy atom. The Morgan fingerprint density at radius 3 is 2.83 bits per heavy atom. The van der Waals surface area contributed by atoms with E-state index in [4.69, 9.17) is 11.6 Å². The van der Waals surface area contributed by atoms with Crippen LogP contribution < -0.4 is 5.32 Å². The average molecular weight is 287 g/mol. The topological polar surface area (TPSA) is 24.9 Å². The van der Waals surface area contributed by atoms with Crippen LogP contribution >= 0.6 is 23.4 Å². The standard InChI is InChI=1S/C14H23ClN2S/c1-3-9-16-13(4-2)6-5-10-18-14-8-7-12(15)11-17-14/h7-8,11,13,16H,3-6,9-10H2,1-2H3. The molecule has 1 aromatic heterocycles. The highest BCUT2D eigenvalue weighted by atomic mass is 35.5. The molecular formula is C14H23ClN2S. The van der Waals surface area contributed by atoms with Gasteiger partial charge in [-0.3, -0.25) is 0 Å². The van der Waals surface area contributed by atoms with E-state index >= 15 is 0 Å². The summed E-state index contributed by atoms with van der Waals surface area (Å²) in [7, 11) is 0. The molecule has 18 heavy (non-hydrogen) atoms. The van der Waals surface area contributed by atoms with Crippen LogP contribution in [0.2, 0.25) is 5.02 Å². The summed E-state index contributed by atoms with van der Waals surface area (Å²) in [6.07, 6.45) is 6.60. The maximum Gasteiger partial charge on any atom is 0.0960 e. The van der Waals surface area contributed by atoms with Gasteiger partial charge in [0.25, 0.3) is 0 Å². The van der Waals surface area contributed by atoms with E-state index in [1.165, 1.54) is 25.7 Å². The van der Waals surface area contributed by atoms with Crippen molar-refractivity contribution in [2.75, 3.05) is 12.3 Å². The second-order valence-electron chi connectivity index (χ2n) is 4.36. The normalized spacial score (nSPS) is 12.6. The molecule has 2 nitrogen and oxygen atoms in total. The Morgan fingerprint density at radius 2 is 2.22 bits per heavy atom. The molecule has 1 N–H and O–H groups in total. The smallest absolute Gasteiger partial charge is 0.0960 e. The number of hydrogen-bond acceptors (Lipinski definition) is 3. The van der Waals surface area contributed by atoms with Gasteiger partial charge in [0.15, 0.2) is 0 Å². The maximum atomic E-state index is 5.80. The average Bonchev–Trinajstić information content (AvgIpc) is 2.40. The number of aromatic nitrogens is 1. The van der Waals surface area contributed by atoms with Gasteiger partial charge in [-0.15, -0.1) is 11.8 Å². The van der Waals surface area contributed by atoms with Crippen molar-refractivity contribution in [3.8, 4) is 0 Å². The minimum Gasteiger partial charge on any atom is -0.314 e. The maximum absolute atomic E-state index is 5.80. The number of nitrogens with one attached hydrogen (secondary N) is 1. The number of rotatable bonds is 9. The van der Waals surface area contributed by atoms with Gasteiger partial charge >= 0.3 is 0 Å². The Hall–Kier alpha value is -0.250. The lowest BCUT2D eigenvalue weighted by molar-refractivity contribution is 0.465. The van der Waals surface area contributed by atoms with Crippen LogP contribution in [0.15, 0.2) is 23.4 Å². The Bertz CT molecular complexity index is 316. The van der Waals surface area contributed by atoms with Crippen molar-refractivity contribution in [2.24, 2.45) is 0 Å². The molecule has 0 aliphatic carbocycles. The fraction of sp³-hybridized carbons (Fsp3) is 0.643. The van der Waals surface area contributed by atoms with Crippen molar-refractivity contribution >= 4 is 23.4 Å². The van der Waals surface area contributed by atoms with Crippen molar-refractivity contribution in [3.63, 3.8) is 0 Å². The zero-order valence-corrected chi connectivity index (χ0v) is 12.9. The van der Waals surface area contributed by atoms with Crippen molar-refractivity contribution in [3.05, 3.63) is 23.4 Å². The zero-order chi connectivity index (χ0) is 13.2. The largest absolute Gasteiger partial charge is 0.314 e. The number of halogens is 1. The van der Waals surface area contributed by atoms with Crippen LogP contribution in [-0.2, 0) is 0 Å². The van der Waals surface area contributed by atoms with Crippen molar-refractivity contribution in [2.45, 2.75) is 50.6 Å². The van der Waals surface area contributed by atoms with Crippen LogP contribution in [0, 0.1) is 0 Å². The van der Waals surface area contributed by atoms with E-state index in [0.29, 0.717) is 11.1 Å². The molecule has 1 heterocycles. The molecule has 0 bridgehead atoms. The fourth-order valence-electron chi connectivity index (χ4n) is 1.75. The molecule has 1 atom stereocenters. The van der Waals surface area contributed by atoms with E-state index in [1.807, 2.05) is 23.9 Å². The molecule has 102 valence electrons. The van der Waals surface area contributed by atoms with E-state index in [1.54, 1.807) is 6.20 Å². The number of nitrogens with zero attached hydrogens (tertiary/aromatic N) is 1. The summed E-state index contributed by atoms with van der Waals surface area (Å²) in [5.74, 6) is 1.12. The number of thioether (sulfide) groups is 1. The Kier molecular flexibility index (Phi) is 8.47. The van der Waals surface area contributed by atoms with Crippen LogP contribution in [0.4, 0.5) is 0 Å². The molecule has 0 radical (unpaired) electrons. The first-order valence-corrected chi connectivity index (χ1v) is 8.10. The van der Waals surface area contributed by atoms with Crippen molar-refractivity contribution in [1.29, 1.82) is 0 Å². The predicted molar refractivity (Wildman–Crippen MR) is 81.6 cm³/mol. The highest BCUT2D eigenvalue weighted by Gasteiger charge is 2.04. The molecule has 0 aliphatic rings. The Labute approximate surface area is 120 Å². The van der Waals surface area contributed by atoms with Crippen LogP contribution in [-0.4, -0.2) is 23.3 Å². The van der Waals surface area contributed by atoms with E-state index in [0.717, 1.165) is 17.3 Å². The lowest BCUT2D eigenvalue weighted by Crippen LogP contribution is -2.29. The SMILES string of the molecule is CCCNC(CC)CCCSc1ccc(Cl)cn1. The van der Waals surface area contributed by atoms with Crippen LogP contribution in [0.5, 0.6) is 0 Å². The monoisotopic (exact) mass is 286 g/mol. The van der Waals surface area contributed by atoms with Gasteiger partial charge in [-0.25, -0.2) is 4.98 Å². The Balaban J connectivity index is 2.15. The van der Waals surface area contributed by atoms with Gasteiger partial charge in [-0.2, -0.15) is 0 Å². The molecular weight excluding hydrogens is 264 g/mol. The van der Waals surface area contributed by atoms with Crippen LogP contribution in [0.1, 0.15) is 39.5 Å². The first kappa shape index (κ1) is 15.8. The minimum absolute atomic E-state index is 0.670. The van der Waals surface area contributed by atoms with Gasteiger partial charge in [0.1, 0.15) is 0 Å². The molecule has 0 spiro atoms. The van der Waals surface area contributed by atoms with Gasteiger partial charge in [0.05, 0.1) is 10.0 Å². The zero-order valence-electron chi connectivity index (χ0n) is 11.3. The summed E-state index contributed by atoms with van der Waals surface area (Å²) in [6.45, 7) is 5.59. The van der Waals surface area contributed by atoms with E-state index in [9.17, 15) is 0 Å². The van der Waals surface area contributed by atoms with Crippen molar-refractivity contribution < 1.29 is 0 Å². The number of hydrogen-bond donors (Lipinski definition) is 1. The summed E-state index contributed by atoms with van der Waals surface area (Å²) in [5.41, 5.74) is 0. The first-order valence-electron chi connectivity index (χ1n) is 6.74. The summed E-state index contributed by atoms with van der Waals surface area (Å²) in [6, 6.07) is 4.55. The molecule has 0 aromatic carbocycles. The molecule has 0 saturated carbocycles. The van der Waals surface area contributed by atoms with Gasteiger partial charge in [-0.1, -0.05) is 25.4 Å². The van der Waals surface area contributed by atoms with Gasteiger partial charge in [-0.05, 0) is 50.1 Å². The molecule has 0 fully saturated rings. The van der Waals surface area contributed by atoms with Crippen LogP contribution in [0.25, 0.3) is 0 Å². The quantitative estimate of drug-likeness (QED) is 0.538. The third kappa shape index (κ3) is 6.62. The highest BCUT2D eigenvalue weighted by Crippen LogP contribution is 2.19. The lowest BCUT2D eigenvalue weighted by atomic mass is 10.1. The first-order chi connectivity index (χ1) is 8.76. The van der Waals surface area contributed by atoms with Crippen LogP contribution in [0.3, 0.4) is 0 Å². The summed E-state index contributed by atoms with van der Waals surface area (Å²) in [5, 5.41) is 5.35. The lowest BCUT2D eigenvalue weighted by Gasteiger charge is -2.15. The summed E-state index contributed by atoms with van der Waals surface area (Å²) in [4.78, 5) is 4.28. The second kappa shape index (κ2) is 9.65. The summed E-state index contributed by atoms with van der Waals surface area (Å²) < 4.78 is 0. The molecule has 0 aliphatic heterocycles. The molecule has 0 amide bonds. The second-order valence-corrected chi connectivity index (χ2v) is 5.92. The molecule has 4 heteroatoms. The molecule has 1 unspecified atom stereocenters. The number of pyridine rings is 1. The predicted octanol–water partition coefficient (Wildman–Crippen LogP) is 4.39. The van der Waals surface area contributed by atoms with E-state index in [2.05, 4.69) is 24.1 Å². The molecule has 1 aromatic rings. The third-order valence-corrected chi connectivity index (χ3v) is 4.08. The van der Waals surface area contributed by atoms with E-state index in [-0.39, 0.29) is 0 Å². The third-order valence-electron chi connectivity index (χ3n) is 2.82. The minimum atomic E-state index is 0.670. The fourth-order valence-corrected chi connectivity index (χ4v) is 2.68. The molecule has 0 saturated heterocycles. The van der Waals surface area contributed by atoms with E-state index < -0.39 is 0 Å². The van der Waals surface area contributed by atoms with Gasteiger partial charge < -0.3 is 5.32 Å². The van der Waals surface area contributed by atoms with Gasteiger partial charge in [0.2, 0.25) is 0 Å².